The van der Waals surface area contributed by atoms with E-state index in [1.807, 2.05) is 13.8 Å². The molecule has 1 aromatic rings. The van der Waals surface area contributed by atoms with E-state index in [0.29, 0.717) is 6.54 Å². The monoisotopic (exact) mass is 364 g/mol. The minimum Gasteiger partial charge on any atom is -0.465 e. The summed E-state index contributed by atoms with van der Waals surface area (Å²) in [5.41, 5.74) is 0.0606. The predicted molar refractivity (Wildman–Crippen MR) is 85.3 cm³/mol. The maximum absolute atomic E-state index is 12.7. The van der Waals surface area contributed by atoms with Gasteiger partial charge >= 0.3 is 12.3 Å². The van der Waals surface area contributed by atoms with Crippen molar-refractivity contribution in [2.24, 2.45) is 0 Å². The molecule has 1 amide bonds. The van der Waals surface area contributed by atoms with Gasteiger partial charge in [-0.1, -0.05) is 12.1 Å². The summed E-state index contributed by atoms with van der Waals surface area (Å²) in [5, 5.41) is 9.23. The van der Waals surface area contributed by atoms with E-state index in [4.69, 9.17) is 11.6 Å². The van der Waals surface area contributed by atoms with Gasteiger partial charge in [0.15, 0.2) is 0 Å². The number of hydrogen-bond acceptors (Lipinski definition) is 2. The van der Waals surface area contributed by atoms with Crippen LogP contribution in [0.4, 0.5) is 18.0 Å². The Morgan fingerprint density at radius 3 is 2.38 bits per heavy atom. The number of piperazine rings is 1. The largest absolute Gasteiger partial charge is 0.465 e. The Morgan fingerprint density at radius 1 is 1.33 bits per heavy atom. The lowest BCUT2D eigenvalue weighted by atomic mass is 10.00. The van der Waals surface area contributed by atoms with Crippen LogP contribution < -0.4 is 0 Å². The molecule has 1 aliphatic heterocycles. The van der Waals surface area contributed by atoms with Gasteiger partial charge in [-0.3, -0.25) is 4.90 Å². The quantitative estimate of drug-likeness (QED) is 0.823. The van der Waals surface area contributed by atoms with Crippen molar-refractivity contribution in [2.45, 2.75) is 38.1 Å². The van der Waals surface area contributed by atoms with Crippen LogP contribution in [0.1, 0.15) is 31.0 Å². The van der Waals surface area contributed by atoms with E-state index in [-0.39, 0.29) is 30.6 Å². The zero-order valence-corrected chi connectivity index (χ0v) is 14.2. The molecule has 1 N–H and O–H groups in total. The standard InChI is InChI=1S/C16H20ClF3N2O2/c1-10-8-22(14(7-17)9-21(10)15(23)24)11(2)12-3-5-13(6-4-12)16(18,19)20/h3-6,10-11,14H,7-9H2,1-2H3,(H,23,24)/t10-,11?,14+/m0/s1. The summed E-state index contributed by atoms with van der Waals surface area (Å²) in [5.74, 6) is 0.251. The molecule has 0 saturated carbocycles. The van der Waals surface area contributed by atoms with Crippen molar-refractivity contribution in [3.05, 3.63) is 35.4 Å². The van der Waals surface area contributed by atoms with Crippen LogP contribution in [0.25, 0.3) is 0 Å². The highest BCUT2D eigenvalue weighted by molar-refractivity contribution is 6.18. The third kappa shape index (κ3) is 3.95. The van der Waals surface area contributed by atoms with Gasteiger partial charge in [-0.15, -0.1) is 11.6 Å². The van der Waals surface area contributed by atoms with E-state index in [0.717, 1.165) is 17.7 Å². The zero-order valence-electron chi connectivity index (χ0n) is 13.4. The Balaban J connectivity index is 2.18. The maximum atomic E-state index is 12.7. The molecule has 8 heteroatoms. The maximum Gasteiger partial charge on any atom is 0.416 e. The van der Waals surface area contributed by atoms with Gasteiger partial charge in [-0.25, -0.2) is 4.79 Å². The number of nitrogens with zero attached hydrogens (tertiary/aromatic N) is 2. The summed E-state index contributed by atoms with van der Waals surface area (Å²) in [6.45, 7) is 4.47. The molecule has 24 heavy (non-hydrogen) atoms. The molecule has 3 atom stereocenters. The predicted octanol–water partition coefficient (Wildman–Crippen LogP) is 4.06. The lowest BCUT2D eigenvalue weighted by Crippen LogP contribution is -2.59. The third-order valence-electron chi connectivity index (χ3n) is 4.53. The summed E-state index contributed by atoms with van der Waals surface area (Å²) < 4.78 is 38.0. The van der Waals surface area contributed by atoms with Crippen LogP contribution in [0.2, 0.25) is 0 Å². The van der Waals surface area contributed by atoms with E-state index < -0.39 is 17.8 Å². The Kier molecular flexibility index (Phi) is 5.65. The molecular weight excluding hydrogens is 345 g/mol. The fourth-order valence-electron chi connectivity index (χ4n) is 3.09. The third-order valence-corrected chi connectivity index (χ3v) is 4.88. The average molecular weight is 365 g/mol. The van der Waals surface area contributed by atoms with E-state index in [9.17, 15) is 23.1 Å². The minimum absolute atomic E-state index is 0.158. The lowest BCUT2D eigenvalue weighted by molar-refractivity contribution is -0.137. The van der Waals surface area contributed by atoms with Crippen LogP contribution in [-0.2, 0) is 6.18 Å². The van der Waals surface area contributed by atoms with Crippen molar-refractivity contribution in [1.29, 1.82) is 0 Å². The molecule has 1 aromatic carbocycles. The van der Waals surface area contributed by atoms with Gasteiger partial charge in [0.05, 0.1) is 5.56 Å². The van der Waals surface area contributed by atoms with Crippen LogP contribution in [0, 0.1) is 0 Å². The number of carboxylic acid groups (broad SMARTS) is 1. The van der Waals surface area contributed by atoms with Gasteiger partial charge in [0.1, 0.15) is 0 Å². The van der Waals surface area contributed by atoms with Gasteiger partial charge < -0.3 is 10.0 Å². The molecule has 0 radical (unpaired) electrons. The average Bonchev–Trinajstić information content (AvgIpc) is 2.53. The zero-order chi connectivity index (χ0) is 18.1. The smallest absolute Gasteiger partial charge is 0.416 e. The van der Waals surface area contributed by atoms with Crippen molar-refractivity contribution < 1.29 is 23.1 Å². The first-order chi connectivity index (χ1) is 11.1. The van der Waals surface area contributed by atoms with E-state index in [1.165, 1.54) is 17.0 Å². The Bertz CT molecular complexity index is 580. The number of halogens is 4. The summed E-state index contributed by atoms with van der Waals surface area (Å²) in [7, 11) is 0. The van der Waals surface area contributed by atoms with Crippen LogP contribution in [-0.4, -0.2) is 52.1 Å². The summed E-state index contributed by atoms with van der Waals surface area (Å²) >= 11 is 6.00. The number of carbonyl (C=O) groups is 1. The second-order valence-electron chi connectivity index (χ2n) is 6.08. The molecule has 0 aromatic heterocycles. The summed E-state index contributed by atoms with van der Waals surface area (Å²) in [6, 6.07) is 4.52. The van der Waals surface area contributed by atoms with Crippen LogP contribution in [0.5, 0.6) is 0 Å². The van der Waals surface area contributed by atoms with E-state index >= 15 is 0 Å². The van der Waals surface area contributed by atoms with Gasteiger partial charge in [0.25, 0.3) is 0 Å². The first-order valence-corrected chi connectivity index (χ1v) is 8.17. The van der Waals surface area contributed by atoms with Gasteiger partial charge in [0.2, 0.25) is 0 Å². The lowest BCUT2D eigenvalue weighted by Gasteiger charge is -2.46. The molecule has 4 nitrogen and oxygen atoms in total. The molecule has 1 saturated heterocycles. The van der Waals surface area contributed by atoms with Crippen molar-refractivity contribution in [3.8, 4) is 0 Å². The molecule has 1 aliphatic rings. The fraction of sp³-hybridized carbons (Fsp3) is 0.562. The molecule has 1 heterocycles. The number of benzene rings is 1. The molecule has 0 spiro atoms. The van der Waals surface area contributed by atoms with Gasteiger partial charge in [0, 0.05) is 37.1 Å². The first kappa shape index (κ1) is 18.9. The Morgan fingerprint density at radius 2 is 1.92 bits per heavy atom. The topological polar surface area (TPSA) is 43.8 Å². The van der Waals surface area contributed by atoms with Gasteiger partial charge in [-0.2, -0.15) is 13.2 Å². The van der Waals surface area contributed by atoms with E-state index in [2.05, 4.69) is 4.90 Å². The molecule has 1 unspecified atom stereocenters. The van der Waals surface area contributed by atoms with Gasteiger partial charge in [-0.05, 0) is 31.5 Å². The summed E-state index contributed by atoms with van der Waals surface area (Å²) in [4.78, 5) is 14.7. The second kappa shape index (κ2) is 7.19. The second-order valence-corrected chi connectivity index (χ2v) is 6.39. The van der Waals surface area contributed by atoms with Crippen LogP contribution in [0.15, 0.2) is 24.3 Å². The van der Waals surface area contributed by atoms with Crippen LogP contribution >= 0.6 is 11.6 Å². The minimum atomic E-state index is -4.36. The Hall–Kier alpha value is -1.47. The highest BCUT2D eigenvalue weighted by Crippen LogP contribution is 2.32. The fourth-order valence-corrected chi connectivity index (χ4v) is 3.36. The van der Waals surface area contributed by atoms with Crippen molar-refractivity contribution >= 4 is 17.7 Å². The van der Waals surface area contributed by atoms with E-state index in [1.54, 1.807) is 0 Å². The molecule has 0 bridgehead atoms. The molecule has 2 rings (SSSR count). The molecule has 1 fully saturated rings. The SMILES string of the molecule is CC(c1ccc(C(F)(F)F)cc1)N1C[C@H](C)N(C(=O)O)C[C@H]1CCl. The number of rotatable bonds is 3. The van der Waals surface area contributed by atoms with Crippen molar-refractivity contribution in [1.82, 2.24) is 9.80 Å². The Labute approximate surface area is 143 Å². The van der Waals surface area contributed by atoms with Crippen LogP contribution in [0.3, 0.4) is 0 Å². The molecule has 0 aliphatic carbocycles. The first-order valence-electron chi connectivity index (χ1n) is 7.63. The molecular formula is C16H20ClF3N2O2. The molecule has 134 valence electrons. The number of alkyl halides is 4. The van der Waals surface area contributed by atoms with Crippen molar-refractivity contribution in [3.63, 3.8) is 0 Å². The number of hydrogen-bond donors (Lipinski definition) is 1. The summed E-state index contributed by atoms with van der Waals surface area (Å²) in [6.07, 6.45) is -5.35. The van der Waals surface area contributed by atoms with Crippen molar-refractivity contribution in [2.75, 3.05) is 19.0 Å². The number of amides is 1. The normalized spacial score (nSPS) is 24.0. The highest BCUT2D eigenvalue weighted by Gasteiger charge is 2.36. The highest BCUT2D eigenvalue weighted by atomic mass is 35.5.